The van der Waals surface area contributed by atoms with Crippen molar-refractivity contribution in [2.75, 3.05) is 20.1 Å². The highest BCUT2D eigenvalue weighted by molar-refractivity contribution is 5.82. The van der Waals surface area contributed by atoms with Gasteiger partial charge in [-0.15, -0.1) is 0 Å². The van der Waals surface area contributed by atoms with E-state index in [2.05, 4.69) is 10.4 Å². The van der Waals surface area contributed by atoms with Crippen LogP contribution in [0.25, 0.3) is 0 Å². The summed E-state index contributed by atoms with van der Waals surface area (Å²) in [5.41, 5.74) is 0.855. The average molecular weight is 321 g/mol. The highest BCUT2D eigenvalue weighted by Gasteiger charge is 2.41. The van der Waals surface area contributed by atoms with Crippen LogP contribution in [0, 0.1) is 0 Å². The molecule has 3 heterocycles. The molecule has 1 aromatic rings. The summed E-state index contributed by atoms with van der Waals surface area (Å²) in [5, 5.41) is 7.02. The Balaban J connectivity index is 1.75. The van der Waals surface area contributed by atoms with E-state index in [0.29, 0.717) is 13.0 Å². The quantitative estimate of drug-likeness (QED) is 0.882. The minimum Gasteiger partial charge on any atom is -0.335 e. The highest BCUT2D eigenvalue weighted by atomic mass is 19.1. The van der Waals surface area contributed by atoms with Gasteiger partial charge < -0.3 is 15.1 Å². The van der Waals surface area contributed by atoms with E-state index in [1.807, 2.05) is 6.07 Å². The van der Waals surface area contributed by atoms with E-state index in [1.165, 1.54) is 11.0 Å². The average Bonchev–Trinajstić information content (AvgIpc) is 3.03. The number of nitrogens with one attached hydrogen (secondary N) is 1. The van der Waals surface area contributed by atoms with Gasteiger partial charge >= 0.3 is 6.03 Å². The zero-order valence-electron chi connectivity index (χ0n) is 13.2. The first-order valence-electron chi connectivity index (χ1n) is 7.61. The molecule has 8 heteroatoms. The number of hydrogen-bond donors (Lipinski definition) is 1. The molecule has 0 aliphatic carbocycles. The summed E-state index contributed by atoms with van der Waals surface area (Å²) in [6.45, 7) is 0.463. The molecule has 0 saturated carbocycles. The molecule has 0 spiro atoms. The molecule has 1 N–H and O–H groups in total. The third-order valence-electron chi connectivity index (χ3n) is 4.45. The van der Waals surface area contributed by atoms with Gasteiger partial charge in [0.1, 0.15) is 5.83 Å². The fourth-order valence-corrected chi connectivity index (χ4v) is 3.20. The maximum Gasteiger partial charge on any atom is 0.318 e. The molecule has 2 atom stereocenters. The molecule has 1 saturated heterocycles. The summed E-state index contributed by atoms with van der Waals surface area (Å²) in [6.07, 6.45) is 3.89. The van der Waals surface area contributed by atoms with E-state index in [0.717, 1.165) is 5.69 Å². The van der Waals surface area contributed by atoms with Crippen molar-refractivity contribution < 1.29 is 14.0 Å². The van der Waals surface area contributed by atoms with Crippen LogP contribution in [0.4, 0.5) is 9.18 Å². The monoisotopic (exact) mass is 321 g/mol. The molecule has 3 amide bonds. The van der Waals surface area contributed by atoms with Crippen molar-refractivity contribution in [3.63, 3.8) is 0 Å². The number of urea groups is 1. The molecule has 0 bridgehead atoms. The summed E-state index contributed by atoms with van der Waals surface area (Å²) >= 11 is 0. The summed E-state index contributed by atoms with van der Waals surface area (Å²) < 4.78 is 15.0. The number of aromatic nitrogens is 2. The van der Waals surface area contributed by atoms with Gasteiger partial charge in [-0.05, 0) is 18.6 Å². The molecule has 1 fully saturated rings. The minimum atomic E-state index is -0.357. The van der Waals surface area contributed by atoms with Crippen LogP contribution in [-0.4, -0.2) is 57.7 Å². The Kier molecular flexibility index (Phi) is 4.06. The van der Waals surface area contributed by atoms with Crippen molar-refractivity contribution in [3.8, 4) is 0 Å². The third kappa shape index (κ3) is 2.93. The normalized spacial score (nSPS) is 24.8. The van der Waals surface area contributed by atoms with Gasteiger partial charge in [-0.2, -0.15) is 5.10 Å². The maximum absolute atomic E-state index is 13.4. The van der Waals surface area contributed by atoms with Crippen LogP contribution < -0.4 is 5.32 Å². The second kappa shape index (κ2) is 6.02. The molecule has 0 unspecified atom stereocenters. The fraction of sp³-hybridized carbons (Fsp3) is 0.533. The third-order valence-corrected chi connectivity index (χ3v) is 4.45. The molecule has 2 aliphatic heterocycles. The minimum absolute atomic E-state index is 0.0152. The number of halogens is 1. The zero-order valence-corrected chi connectivity index (χ0v) is 13.2. The lowest BCUT2D eigenvalue weighted by molar-refractivity contribution is -0.127. The number of nitrogens with zero attached hydrogens (tertiary/aromatic N) is 4. The second-order valence-corrected chi connectivity index (χ2v) is 5.95. The van der Waals surface area contributed by atoms with Gasteiger partial charge in [0.25, 0.3) is 0 Å². The molecule has 3 rings (SSSR count). The van der Waals surface area contributed by atoms with Crippen LogP contribution in [0.3, 0.4) is 0 Å². The van der Waals surface area contributed by atoms with Gasteiger partial charge in [0.15, 0.2) is 0 Å². The van der Waals surface area contributed by atoms with E-state index in [9.17, 15) is 14.0 Å². The first-order valence-corrected chi connectivity index (χ1v) is 7.61. The predicted octanol–water partition coefficient (Wildman–Crippen LogP) is 0.961. The van der Waals surface area contributed by atoms with Crippen molar-refractivity contribution >= 4 is 11.9 Å². The van der Waals surface area contributed by atoms with Crippen LogP contribution in [0.2, 0.25) is 0 Å². The van der Waals surface area contributed by atoms with Crippen molar-refractivity contribution in [1.29, 1.82) is 0 Å². The first-order chi connectivity index (χ1) is 11.0. The van der Waals surface area contributed by atoms with E-state index in [4.69, 9.17) is 0 Å². The van der Waals surface area contributed by atoms with Crippen LogP contribution in [0.15, 0.2) is 24.2 Å². The lowest BCUT2D eigenvalue weighted by Gasteiger charge is -2.29. The Morgan fingerprint density at radius 2 is 2.22 bits per heavy atom. The summed E-state index contributed by atoms with van der Waals surface area (Å²) in [4.78, 5) is 27.5. The molecular weight excluding hydrogens is 301 g/mol. The van der Waals surface area contributed by atoms with E-state index in [-0.39, 0.29) is 42.8 Å². The zero-order chi connectivity index (χ0) is 16.6. The predicted molar refractivity (Wildman–Crippen MR) is 81.0 cm³/mol. The highest BCUT2D eigenvalue weighted by Crippen LogP contribution is 2.31. The van der Waals surface area contributed by atoms with Crippen LogP contribution in [0.1, 0.15) is 24.6 Å². The van der Waals surface area contributed by atoms with E-state index in [1.54, 1.807) is 29.9 Å². The molecule has 124 valence electrons. The Morgan fingerprint density at radius 3 is 2.87 bits per heavy atom. The molecule has 1 aromatic heterocycles. The second-order valence-electron chi connectivity index (χ2n) is 5.95. The lowest BCUT2D eigenvalue weighted by Crippen LogP contribution is -2.48. The summed E-state index contributed by atoms with van der Waals surface area (Å²) in [6, 6.07) is 0.865. The number of carbonyl (C=O) groups is 2. The fourth-order valence-electron chi connectivity index (χ4n) is 3.20. The largest absolute Gasteiger partial charge is 0.335 e. The molecular formula is C15H20FN5O2. The van der Waals surface area contributed by atoms with Gasteiger partial charge in [0, 0.05) is 33.3 Å². The van der Waals surface area contributed by atoms with Crippen LogP contribution in [0.5, 0.6) is 0 Å². The smallest absolute Gasteiger partial charge is 0.318 e. The summed E-state index contributed by atoms with van der Waals surface area (Å²) in [7, 11) is 3.52. The topological polar surface area (TPSA) is 70.5 Å². The Hall–Kier alpha value is -2.38. The summed E-state index contributed by atoms with van der Waals surface area (Å²) in [5.74, 6) is -0.333. The van der Waals surface area contributed by atoms with E-state index < -0.39 is 0 Å². The molecule has 2 aliphatic rings. The van der Waals surface area contributed by atoms with Gasteiger partial charge in [-0.3, -0.25) is 9.48 Å². The number of carbonyl (C=O) groups excluding carboxylic acids is 2. The number of amides is 3. The number of hydrogen-bond acceptors (Lipinski definition) is 3. The van der Waals surface area contributed by atoms with Crippen molar-refractivity contribution in [2.24, 2.45) is 7.05 Å². The van der Waals surface area contributed by atoms with Crippen molar-refractivity contribution in [1.82, 2.24) is 24.9 Å². The van der Waals surface area contributed by atoms with Gasteiger partial charge in [-0.25, -0.2) is 9.18 Å². The van der Waals surface area contributed by atoms with Crippen molar-refractivity contribution in [2.45, 2.75) is 24.9 Å². The van der Waals surface area contributed by atoms with Gasteiger partial charge in [0.05, 0.1) is 24.3 Å². The Morgan fingerprint density at radius 1 is 1.43 bits per heavy atom. The maximum atomic E-state index is 13.4. The Bertz CT molecular complexity index is 656. The Labute approximate surface area is 133 Å². The van der Waals surface area contributed by atoms with Crippen molar-refractivity contribution in [3.05, 3.63) is 29.9 Å². The molecule has 23 heavy (non-hydrogen) atoms. The van der Waals surface area contributed by atoms with Crippen LogP contribution in [-0.2, 0) is 11.8 Å². The van der Waals surface area contributed by atoms with Gasteiger partial charge in [0.2, 0.25) is 5.91 Å². The SMILES string of the molecule is CN1C(=O)C[C@@H](NC(=O)N2CCC=C(F)C2)[C@@H]1c1ccnn1C. The lowest BCUT2D eigenvalue weighted by atomic mass is 10.1. The molecule has 0 radical (unpaired) electrons. The van der Waals surface area contributed by atoms with E-state index >= 15 is 0 Å². The number of rotatable bonds is 2. The van der Waals surface area contributed by atoms with Crippen LogP contribution >= 0.6 is 0 Å². The molecule has 7 nitrogen and oxygen atoms in total. The molecule has 0 aromatic carbocycles. The first kappa shape index (κ1) is 15.5. The number of likely N-dealkylation sites (N-methyl/N-ethyl adjacent to an activating group) is 1. The van der Waals surface area contributed by atoms with Gasteiger partial charge in [-0.1, -0.05) is 0 Å². The standard InChI is InChI=1S/C15H20FN5O2/c1-19-13(22)8-11(14(19)12-5-6-17-20(12)2)18-15(23)21-7-3-4-10(16)9-21/h4-6,11,14H,3,7-9H2,1-2H3,(H,18,23)/t11-,14-/m1/s1. The number of likely N-dealkylation sites (tertiary alicyclic amines) is 1. The number of aryl methyl sites for hydroxylation is 1.